The Morgan fingerprint density at radius 3 is 2.83 bits per heavy atom. The fourth-order valence-corrected chi connectivity index (χ4v) is 1.24. The zero-order valence-electron chi connectivity index (χ0n) is 9.67. The van der Waals surface area contributed by atoms with E-state index in [1.165, 1.54) is 19.2 Å². The van der Waals surface area contributed by atoms with Crippen LogP contribution in [0.25, 0.3) is 0 Å². The standard InChI is InChI=1S/C12H11NO5/c1-18-12(15)4-2-3-9-5-6-10(8-14)11(7-9)13(16)17/h5-7,14H,4,8H2,1H3. The Bertz CT molecular complexity index is 527. The molecule has 18 heavy (non-hydrogen) atoms. The molecule has 0 aliphatic carbocycles. The molecule has 6 heteroatoms. The zero-order valence-corrected chi connectivity index (χ0v) is 9.67. The van der Waals surface area contributed by atoms with Crippen molar-refractivity contribution < 1.29 is 19.6 Å². The Morgan fingerprint density at radius 2 is 2.28 bits per heavy atom. The highest BCUT2D eigenvalue weighted by atomic mass is 16.6. The highest BCUT2D eigenvalue weighted by Gasteiger charge is 2.12. The topological polar surface area (TPSA) is 89.7 Å². The van der Waals surface area contributed by atoms with E-state index in [0.717, 1.165) is 0 Å². The summed E-state index contributed by atoms with van der Waals surface area (Å²) in [5, 5.41) is 19.7. The summed E-state index contributed by atoms with van der Waals surface area (Å²) in [6, 6.07) is 4.24. The van der Waals surface area contributed by atoms with E-state index in [4.69, 9.17) is 5.11 Å². The molecular formula is C12H11NO5. The molecule has 0 atom stereocenters. The van der Waals surface area contributed by atoms with Crippen LogP contribution in [0.15, 0.2) is 18.2 Å². The van der Waals surface area contributed by atoms with Gasteiger partial charge in [-0.15, -0.1) is 0 Å². The number of nitro benzene ring substituents is 1. The first-order chi connectivity index (χ1) is 8.58. The number of hydrogen-bond donors (Lipinski definition) is 1. The fraction of sp³-hybridized carbons (Fsp3) is 0.250. The molecule has 0 amide bonds. The zero-order chi connectivity index (χ0) is 13.5. The van der Waals surface area contributed by atoms with Gasteiger partial charge in [-0.3, -0.25) is 14.9 Å². The van der Waals surface area contributed by atoms with E-state index >= 15 is 0 Å². The van der Waals surface area contributed by atoms with E-state index in [0.29, 0.717) is 5.56 Å². The van der Waals surface area contributed by atoms with Gasteiger partial charge in [-0.1, -0.05) is 11.8 Å². The first kappa shape index (κ1) is 13.7. The Kier molecular flexibility index (Phi) is 4.84. The number of rotatable bonds is 3. The lowest BCUT2D eigenvalue weighted by Gasteiger charge is -1.99. The highest BCUT2D eigenvalue weighted by Crippen LogP contribution is 2.19. The van der Waals surface area contributed by atoms with E-state index in [1.807, 2.05) is 0 Å². The summed E-state index contributed by atoms with van der Waals surface area (Å²) in [7, 11) is 1.25. The number of ether oxygens (including phenoxy) is 1. The summed E-state index contributed by atoms with van der Waals surface area (Å²) in [6.45, 7) is -0.411. The highest BCUT2D eigenvalue weighted by molar-refractivity contribution is 5.72. The van der Waals surface area contributed by atoms with E-state index < -0.39 is 17.5 Å². The van der Waals surface area contributed by atoms with Crippen LogP contribution >= 0.6 is 0 Å². The molecule has 0 aliphatic rings. The lowest BCUT2D eigenvalue weighted by Crippen LogP contribution is -1.97. The lowest BCUT2D eigenvalue weighted by molar-refractivity contribution is -0.385. The molecule has 1 N–H and O–H groups in total. The van der Waals surface area contributed by atoms with Gasteiger partial charge in [0.05, 0.1) is 24.2 Å². The van der Waals surface area contributed by atoms with E-state index in [9.17, 15) is 14.9 Å². The van der Waals surface area contributed by atoms with Crippen molar-refractivity contribution >= 4 is 11.7 Å². The molecule has 0 radical (unpaired) electrons. The monoisotopic (exact) mass is 249 g/mol. The molecule has 0 aromatic heterocycles. The molecule has 0 fully saturated rings. The van der Waals surface area contributed by atoms with Gasteiger partial charge in [0.15, 0.2) is 0 Å². The summed E-state index contributed by atoms with van der Waals surface area (Å²) in [5.41, 5.74) is 0.434. The largest absolute Gasteiger partial charge is 0.468 e. The number of aliphatic hydroxyl groups excluding tert-OH is 1. The number of benzene rings is 1. The molecule has 0 saturated carbocycles. The van der Waals surface area contributed by atoms with Gasteiger partial charge in [-0.2, -0.15) is 0 Å². The average molecular weight is 249 g/mol. The normalized spacial score (nSPS) is 9.22. The summed E-state index contributed by atoms with van der Waals surface area (Å²) in [4.78, 5) is 21.0. The van der Waals surface area contributed by atoms with Gasteiger partial charge >= 0.3 is 5.97 Å². The molecule has 1 rings (SSSR count). The second kappa shape index (κ2) is 6.37. The number of hydrogen-bond acceptors (Lipinski definition) is 5. The Balaban J connectivity index is 2.95. The molecule has 0 heterocycles. The van der Waals surface area contributed by atoms with Gasteiger partial charge in [0.1, 0.15) is 6.42 Å². The number of carbonyl (C=O) groups excluding carboxylic acids is 1. The van der Waals surface area contributed by atoms with Gasteiger partial charge in [-0.25, -0.2) is 0 Å². The predicted octanol–water partition coefficient (Wildman–Crippen LogP) is 1.00. The van der Waals surface area contributed by atoms with Crippen molar-refractivity contribution in [3.05, 3.63) is 39.4 Å². The smallest absolute Gasteiger partial charge is 0.317 e. The van der Waals surface area contributed by atoms with Gasteiger partial charge in [0, 0.05) is 11.6 Å². The molecule has 6 nitrogen and oxygen atoms in total. The van der Waals surface area contributed by atoms with Gasteiger partial charge in [0.25, 0.3) is 5.69 Å². The second-order valence-corrected chi connectivity index (χ2v) is 3.31. The molecule has 0 unspecified atom stereocenters. The molecule has 1 aromatic rings. The number of methoxy groups -OCH3 is 1. The number of nitro groups is 1. The van der Waals surface area contributed by atoms with E-state index in [1.54, 1.807) is 6.07 Å². The van der Waals surface area contributed by atoms with Gasteiger partial charge in [-0.05, 0) is 12.1 Å². The van der Waals surface area contributed by atoms with Crippen LogP contribution in [0.5, 0.6) is 0 Å². The summed E-state index contributed by atoms with van der Waals surface area (Å²) in [5.74, 6) is 4.70. The van der Waals surface area contributed by atoms with Crippen molar-refractivity contribution in [3.63, 3.8) is 0 Å². The SMILES string of the molecule is COC(=O)CC#Cc1ccc(CO)c([N+](=O)[O-])c1. The number of aliphatic hydroxyl groups is 1. The second-order valence-electron chi connectivity index (χ2n) is 3.31. The predicted molar refractivity (Wildman–Crippen MR) is 62.5 cm³/mol. The maximum atomic E-state index is 10.8. The maximum Gasteiger partial charge on any atom is 0.317 e. The quantitative estimate of drug-likeness (QED) is 0.373. The third kappa shape index (κ3) is 3.57. The number of nitrogens with zero attached hydrogens (tertiary/aromatic N) is 1. The Hall–Kier alpha value is -2.39. The summed E-state index contributed by atoms with van der Waals surface area (Å²) >= 11 is 0. The van der Waals surface area contributed by atoms with Crippen molar-refractivity contribution in [1.29, 1.82) is 0 Å². The van der Waals surface area contributed by atoms with Crippen molar-refractivity contribution in [2.45, 2.75) is 13.0 Å². The Morgan fingerprint density at radius 1 is 1.56 bits per heavy atom. The average Bonchev–Trinajstić information content (AvgIpc) is 2.38. The van der Waals surface area contributed by atoms with Crippen LogP contribution < -0.4 is 0 Å². The minimum absolute atomic E-state index is 0.0773. The van der Waals surface area contributed by atoms with E-state index in [-0.39, 0.29) is 17.7 Å². The van der Waals surface area contributed by atoms with Crippen molar-refractivity contribution in [2.75, 3.05) is 7.11 Å². The van der Waals surface area contributed by atoms with Crippen molar-refractivity contribution in [2.24, 2.45) is 0 Å². The number of esters is 1. The first-order valence-corrected chi connectivity index (χ1v) is 5.02. The van der Waals surface area contributed by atoms with Crippen LogP contribution in [0, 0.1) is 22.0 Å². The Labute approximate surface area is 103 Å². The van der Waals surface area contributed by atoms with Crippen LogP contribution in [0.1, 0.15) is 17.5 Å². The van der Waals surface area contributed by atoms with Crippen LogP contribution in [0.3, 0.4) is 0 Å². The molecule has 1 aromatic carbocycles. The molecule has 0 spiro atoms. The first-order valence-electron chi connectivity index (χ1n) is 5.02. The molecular weight excluding hydrogens is 238 g/mol. The van der Waals surface area contributed by atoms with Crippen LogP contribution in [0.4, 0.5) is 5.69 Å². The lowest BCUT2D eigenvalue weighted by atomic mass is 10.1. The molecule has 94 valence electrons. The van der Waals surface area contributed by atoms with Gasteiger partial charge < -0.3 is 9.84 Å². The van der Waals surface area contributed by atoms with Crippen LogP contribution in [0.2, 0.25) is 0 Å². The van der Waals surface area contributed by atoms with Crippen LogP contribution in [-0.4, -0.2) is 23.1 Å². The molecule has 0 bridgehead atoms. The molecule has 0 aliphatic heterocycles. The molecule has 0 saturated heterocycles. The maximum absolute atomic E-state index is 10.8. The van der Waals surface area contributed by atoms with Crippen LogP contribution in [-0.2, 0) is 16.1 Å². The van der Waals surface area contributed by atoms with E-state index in [2.05, 4.69) is 16.6 Å². The van der Waals surface area contributed by atoms with Crippen molar-refractivity contribution in [3.8, 4) is 11.8 Å². The summed E-state index contributed by atoms with van der Waals surface area (Å²) < 4.78 is 4.40. The fourth-order valence-electron chi connectivity index (χ4n) is 1.24. The third-order valence-electron chi connectivity index (χ3n) is 2.15. The summed E-state index contributed by atoms with van der Waals surface area (Å²) in [6.07, 6.45) is -0.0773. The minimum Gasteiger partial charge on any atom is -0.468 e. The van der Waals surface area contributed by atoms with Gasteiger partial charge in [0.2, 0.25) is 0 Å². The minimum atomic E-state index is -0.586. The third-order valence-corrected chi connectivity index (χ3v) is 2.15. The van der Waals surface area contributed by atoms with Crippen molar-refractivity contribution in [1.82, 2.24) is 0 Å². The number of carbonyl (C=O) groups is 1.